The first-order chi connectivity index (χ1) is 10.8. The van der Waals surface area contributed by atoms with E-state index in [-0.39, 0.29) is 0 Å². The van der Waals surface area contributed by atoms with Crippen molar-refractivity contribution >= 4 is 16.3 Å². The summed E-state index contributed by atoms with van der Waals surface area (Å²) in [4.78, 5) is 1.39. The summed E-state index contributed by atoms with van der Waals surface area (Å²) in [7, 11) is 0. The fraction of sp³-hybridized carbons (Fsp3) is 0.737. The monoisotopic (exact) mass is 316 g/mol. The number of rotatable bonds is 4. The molecule has 1 atom stereocenters. The van der Waals surface area contributed by atoms with Crippen LogP contribution in [0.25, 0.3) is 0 Å². The fourth-order valence-electron chi connectivity index (χ4n) is 4.41. The lowest BCUT2D eigenvalue weighted by Gasteiger charge is -2.22. The number of fused-ring (bicyclic) bond motifs is 1. The van der Waals surface area contributed by atoms with Crippen molar-refractivity contribution in [2.45, 2.75) is 77.0 Å². The summed E-state index contributed by atoms with van der Waals surface area (Å²) in [5.74, 6) is 1.88. The van der Waals surface area contributed by atoms with E-state index in [0.717, 1.165) is 35.2 Å². The molecule has 22 heavy (non-hydrogen) atoms. The van der Waals surface area contributed by atoms with Gasteiger partial charge in [0.25, 0.3) is 0 Å². The molecular weight excluding hydrogens is 288 g/mol. The van der Waals surface area contributed by atoms with Gasteiger partial charge in [-0.15, -0.1) is 11.3 Å². The average molecular weight is 317 g/mol. The number of aryl methyl sites for hydroxylation is 1. The fourth-order valence-corrected chi connectivity index (χ4v) is 5.49. The minimum atomic E-state index is 0.739. The van der Waals surface area contributed by atoms with E-state index in [0.29, 0.717) is 0 Å². The van der Waals surface area contributed by atoms with E-state index in [9.17, 15) is 5.26 Å². The Hall–Kier alpha value is -1.01. The van der Waals surface area contributed by atoms with Crippen molar-refractivity contribution in [1.82, 2.24) is 0 Å². The summed E-state index contributed by atoms with van der Waals surface area (Å²) in [6, 6.07) is 2.32. The number of nitrogens with zero attached hydrogens (tertiary/aromatic N) is 1. The molecule has 2 nitrogen and oxygen atoms in total. The Kier molecular flexibility index (Phi) is 5.41. The number of anilines is 1. The van der Waals surface area contributed by atoms with Gasteiger partial charge in [0.05, 0.1) is 5.56 Å². The van der Waals surface area contributed by atoms with Gasteiger partial charge in [0.1, 0.15) is 11.1 Å². The summed E-state index contributed by atoms with van der Waals surface area (Å²) in [5.41, 5.74) is 8.03. The molecule has 3 heteroatoms. The number of hydrogen-bond acceptors (Lipinski definition) is 3. The lowest BCUT2D eigenvalue weighted by atomic mass is 9.84. The largest absolute Gasteiger partial charge is 0.389 e. The molecule has 0 aliphatic heterocycles. The van der Waals surface area contributed by atoms with Crippen LogP contribution in [0.3, 0.4) is 0 Å². The van der Waals surface area contributed by atoms with E-state index >= 15 is 0 Å². The predicted octanol–water partition coefficient (Wildman–Crippen LogP) is 5.45. The number of thiophene rings is 1. The Morgan fingerprint density at radius 2 is 1.68 bits per heavy atom. The van der Waals surface area contributed by atoms with Crippen molar-refractivity contribution in [1.29, 1.82) is 5.26 Å². The molecule has 2 aliphatic carbocycles. The Bertz CT molecular complexity index is 534. The van der Waals surface area contributed by atoms with Crippen LogP contribution >= 0.6 is 11.3 Å². The van der Waals surface area contributed by atoms with Crippen molar-refractivity contribution in [2.75, 3.05) is 5.73 Å². The topological polar surface area (TPSA) is 49.8 Å². The third-order valence-corrected chi connectivity index (χ3v) is 6.88. The SMILES string of the molecule is N#Cc1c(N)sc2c1CCC(CCCC1CCCCC1)CC2. The zero-order valence-electron chi connectivity index (χ0n) is 13.6. The zero-order chi connectivity index (χ0) is 15.4. The molecule has 0 amide bonds. The predicted molar refractivity (Wildman–Crippen MR) is 94.0 cm³/mol. The Labute approximate surface area is 138 Å². The third-order valence-electron chi connectivity index (χ3n) is 5.76. The highest BCUT2D eigenvalue weighted by atomic mass is 32.1. The minimum absolute atomic E-state index is 0.739. The van der Waals surface area contributed by atoms with Crippen molar-refractivity contribution in [3.05, 3.63) is 16.0 Å². The second-order valence-corrected chi connectivity index (χ2v) is 8.37. The van der Waals surface area contributed by atoms with Crippen LogP contribution < -0.4 is 5.73 Å². The van der Waals surface area contributed by atoms with Gasteiger partial charge in [-0.05, 0) is 43.1 Å². The van der Waals surface area contributed by atoms with Crippen LogP contribution in [0.4, 0.5) is 5.00 Å². The molecule has 1 unspecified atom stereocenters. The molecule has 1 saturated carbocycles. The van der Waals surface area contributed by atoms with Gasteiger partial charge in [-0.1, -0.05) is 51.4 Å². The summed E-state index contributed by atoms with van der Waals surface area (Å²) < 4.78 is 0. The lowest BCUT2D eigenvalue weighted by molar-refractivity contribution is 0.312. The van der Waals surface area contributed by atoms with E-state index in [4.69, 9.17) is 5.73 Å². The van der Waals surface area contributed by atoms with Crippen molar-refractivity contribution in [2.24, 2.45) is 11.8 Å². The number of nitrogens with two attached hydrogens (primary N) is 1. The van der Waals surface area contributed by atoms with Gasteiger partial charge in [-0.3, -0.25) is 0 Å². The maximum atomic E-state index is 9.28. The first-order valence-electron chi connectivity index (χ1n) is 9.08. The smallest absolute Gasteiger partial charge is 0.104 e. The molecule has 1 fully saturated rings. The Morgan fingerprint density at radius 1 is 1.00 bits per heavy atom. The van der Waals surface area contributed by atoms with Crippen molar-refractivity contribution in [3.8, 4) is 6.07 Å². The molecule has 2 aliphatic rings. The van der Waals surface area contributed by atoms with Crippen LogP contribution in [0.5, 0.6) is 0 Å². The summed E-state index contributed by atoms with van der Waals surface area (Å²) >= 11 is 1.66. The highest BCUT2D eigenvalue weighted by molar-refractivity contribution is 7.16. The zero-order valence-corrected chi connectivity index (χ0v) is 14.4. The second-order valence-electron chi connectivity index (χ2n) is 7.23. The van der Waals surface area contributed by atoms with Crippen LogP contribution in [0, 0.1) is 23.2 Å². The first-order valence-corrected chi connectivity index (χ1v) is 9.89. The lowest BCUT2D eigenvalue weighted by Crippen LogP contribution is -2.08. The molecule has 0 radical (unpaired) electrons. The molecule has 1 heterocycles. The van der Waals surface area contributed by atoms with Crippen molar-refractivity contribution in [3.63, 3.8) is 0 Å². The molecule has 0 spiro atoms. The van der Waals surface area contributed by atoms with Crippen LogP contribution in [0.2, 0.25) is 0 Å². The molecule has 0 saturated heterocycles. The number of nitriles is 1. The van der Waals surface area contributed by atoms with E-state index in [1.54, 1.807) is 11.3 Å². The first kappa shape index (κ1) is 15.9. The maximum Gasteiger partial charge on any atom is 0.104 e. The Morgan fingerprint density at radius 3 is 2.41 bits per heavy atom. The van der Waals surface area contributed by atoms with E-state index < -0.39 is 0 Å². The van der Waals surface area contributed by atoms with Crippen LogP contribution in [-0.2, 0) is 12.8 Å². The highest BCUT2D eigenvalue weighted by Gasteiger charge is 2.22. The standard InChI is InChI=1S/C19H28N2S/c20-13-17-16-11-9-15(10-12-18(16)22-19(17)21)8-4-7-14-5-2-1-3-6-14/h14-15H,1-12,21H2. The quantitative estimate of drug-likeness (QED) is 0.751. The van der Waals surface area contributed by atoms with E-state index in [1.165, 1.54) is 74.6 Å². The maximum absolute atomic E-state index is 9.28. The molecule has 0 aromatic carbocycles. The van der Waals surface area contributed by atoms with Crippen LogP contribution in [-0.4, -0.2) is 0 Å². The molecule has 0 bridgehead atoms. The highest BCUT2D eigenvalue weighted by Crippen LogP contribution is 2.38. The van der Waals surface area contributed by atoms with Gasteiger partial charge in [0.15, 0.2) is 0 Å². The summed E-state index contributed by atoms with van der Waals surface area (Å²) in [5, 5.41) is 10.0. The van der Waals surface area contributed by atoms with E-state index in [2.05, 4.69) is 6.07 Å². The van der Waals surface area contributed by atoms with Gasteiger partial charge in [-0.2, -0.15) is 5.26 Å². The third kappa shape index (κ3) is 3.66. The summed E-state index contributed by atoms with van der Waals surface area (Å²) in [6.45, 7) is 0. The summed E-state index contributed by atoms with van der Waals surface area (Å²) in [6.07, 6.45) is 16.4. The molecule has 2 N–H and O–H groups in total. The molecule has 120 valence electrons. The number of nitrogen functional groups attached to an aromatic ring is 1. The molecule has 3 rings (SSSR count). The van der Waals surface area contributed by atoms with Gasteiger partial charge >= 0.3 is 0 Å². The van der Waals surface area contributed by atoms with Gasteiger partial charge in [0, 0.05) is 4.88 Å². The second kappa shape index (κ2) is 7.51. The minimum Gasteiger partial charge on any atom is -0.389 e. The molecular formula is C19H28N2S. The van der Waals surface area contributed by atoms with Gasteiger partial charge in [0.2, 0.25) is 0 Å². The van der Waals surface area contributed by atoms with E-state index in [1.807, 2.05) is 0 Å². The molecule has 1 aromatic rings. The van der Waals surface area contributed by atoms with Gasteiger partial charge in [-0.25, -0.2) is 0 Å². The van der Waals surface area contributed by atoms with Gasteiger partial charge < -0.3 is 5.73 Å². The van der Waals surface area contributed by atoms with Crippen LogP contribution in [0.1, 0.15) is 80.2 Å². The van der Waals surface area contributed by atoms with Crippen molar-refractivity contribution < 1.29 is 0 Å². The number of hydrogen-bond donors (Lipinski definition) is 1. The molecule has 1 aromatic heterocycles. The van der Waals surface area contributed by atoms with Crippen LogP contribution in [0.15, 0.2) is 0 Å². The average Bonchev–Trinajstić information content (AvgIpc) is 2.72. The Balaban J connectivity index is 1.48. The normalized spacial score (nSPS) is 22.8.